The molecule has 5 rings (SSSR count). The molecule has 0 saturated heterocycles. The van der Waals surface area contributed by atoms with Gasteiger partial charge in [-0.25, -0.2) is 0 Å². The number of nitrogens with two attached hydrogens (primary N) is 3. The quantitative estimate of drug-likeness (QED) is 0.107. The van der Waals surface area contributed by atoms with Crippen molar-refractivity contribution < 1.29 is 33.4 Å². The van der Waals surface area contributed by atoms with Crippen LogP contribution in [0.3, 0.4) is 0 Å². The van der Waals surface area contributed by atoms with E-state index in [1.54, 1.807) is 42.5 Å². The molecule has 16 heteroatoms. The van der Waals surface area contributed by atoms with Crippen LogP contribution in [0.4, 0.5) is 0 Å². The Kier molecular flexibility index (Phi) is 14.7. The highest BCUT2D eigenvalue weighted by Gasteiger charge is 2.40. The molecular formula is C43H55N9O7. The van der Waals surface area contributed by atoms with Gasteiger partial charge in [0.2, 0.25) is 23.6 Å². The minimum Gasteiger partial charge on any atom is -0.492 e. The number of fused-ring (bicyclic) bond motifs is 5. The van der Waals surface area contributed by atoms with Crippen LogP contribution in [-0.4, -0.2) is 99.0 Å². The van der Waals surface area contributed by atoms with Crippen molar-refractivity contribution in [1.29, 1.82) is 5.26 Å². The fourth-order valence-corrected chi connectivity index (χ4v) is 7.14. The number of likely N-dealkylation sites (N-methyl/N-ethyl adjacent to an activating group) is 1. The van der Waals surface area contributed by atoms with Crippen molar-refractivity contribution in [3.63, 3.8) is 0 Å². The molecule has 3 aromatic carbocycles. The number of hydrogen-bond acceptors (Lipinski definition) is 11. The topological polar surface area (TPSA) is 257 Å². The van der Waals surface area contributed by atoms with E-state index in [4.69, 9.17) is 31.9 Å². The number of hydrogen-bond donors (Lipinski definition) is 7. The fraction of sp³-hybridized carbons (Fsp3) is 0.442. The highest BCUT2D eigenvalue weighted by Crippen LogP contribution is 2.48. The summed E-state index contributed by atoms with van der Waals surface area (Å²) in [6.07, 6.45) is 2.25. The third-order valence-corrected chi connectivity index (χ3v) is 10.8. The largest absolute Gasteiger partial charge is 0.492 e. The summed E-state index contributed by atoms with van der Waals surface area (Å²) in [5, 5.41) is 19.9. The molecule has 0 radical (unpaired) electrons. The Balaban J connectivity index is 1.59. The lowest BCUT2D eigenvalue weighted by atomic mass is 9.93. The summed E-state index contributed by atoms with van der Waals surface area (Å²) in [7, 11) is 1.44. The lowest BCUT2D eigenvalue weighted by molar-refractivity contribution is -0.141. The van der Waals surface area contributed by atoms with Crippen LogP contribution in [0.2, 0.25) is 0 Å². The van der Waals surface area contributed by atoms with Crippen LogP contribution < -0.4 is 47.9 Å². The molecule has 3 aromatic rings. The number of carbonyl (C=O) groups excluding carboxylic acids is 5. The molecule has 1 fully saturated rings. The molecule has 16 nitrogen and oxygen atoms in total. The van der Waals surface area contributed by atoms with Gasteiger partial charge >= 0.3 is 0 Å². The molecule has 2 aliphatic rings. The molecule has 0 aromatic heterocycles. The summed E-state index contributed by atoms with van der Waals surface area (Å²) in [6.45, 7) is 5.99. The van der Waals surface area contributed by atoms with Crippen LogP contribution in [0.15, 0.2) is 54.6 Å². The highest BCUT2D eigenvalue weighted by atomic mass is 16.5. The number of nitriles is 1. The Morgan fingerprint density at radius 1 is 0.932 bits per heavy atom. The Hall–Kier alpha value is -6.02. The first-order valence-corrected chi connectivity index (χ1v) is 19.8. The molecule has 10 N–H and O–H groups in total. The smallest absolute Gasteiger partial charge is 0.252 e. The normalized spacial score (nSPS) is 18.8. The maximum absolute atomic E-state index is 14.5. The van der Waals surface area contributed by atoms with Gasteiger partial charge in [0.05, 0.1) is 6.07 Å². The predicted molar refractivity (Wildman–Crippen MR) is 221 cm³/mol. The fourth-order valence-electron chi connectivity index (χ4n) is 7.14. The van der Waals surface area contributed by atoms with Crippen LogP contribution in [0, 0.1) is 18.3 Å². The third-order valence-electron chi connectivity index (χ3n) is 10.8. The molecule has 0 unspecified atom stereocenters. The number of ether oxygens (including phenoxy) is 2. The van der Waals surface area contributed by atoms with E-state index in [0.29, 0.717) is 39.3 Å². The maximum Gasteiger partial charge on any atom is 0.252 e. The van der Waals surface area contributed by atoms with Gasteiger partial charge in [-0.3, -0.25) is 24.0 Å². The van der Waals surface area contributed by atoms with Crippen LogP contribution in [-0.2, 0) is 31.0 Å². The second-order valence-electron chi connectivity index (χ2n) is 15.3. The number of amides is 5. The second kappa shape index (κ2) is 19.6. The van der Waals surface area contributed by atoms with E-state index < -0.39 is 53.7 Å². The van der Waals surface area contributed by atoms with Crippen molar-refractivity contribution in [2.45, 2.75) is 76.0 Å². The number of nitrogens with zero attached hydrogens (tertiary/aromatic N) is 2. The molecule has 4 atom stereocenters. The summed E-state index contributed by atoms with van der Waals surface area (Å²) in [5.41, 5.74) is 22.0. The minimum atomic E-state index is -1.35. The zero-order valence-electron chi connectivity index (χ0n) is 34.1. The van der Waals surface area contributed by atoms with Gasteiger partial charge in [0.25, 0.3) is 5.91 Å². The zero-order valence-corrected chi connectivity index (χ0v) is 34.1. The number of benzene rings is 3. The zero-order chi connectivity index (χ0) is 42.9. The van der Waals surface area contributed by atoms with Gasteiger partial charge in [0.15, 0.2) is 0 Å². The Morgan fingerprint density at radius 3 is 2.20 bits per heavy atom. The van der Waals surface area contributed by atoms with E-state index in [-0.39, 0.29) is 57.6 Å². The van der Waals surface area contributed by atoms with Crippen molar-refractivity contribution in [3.05, 3.63) is 82.4 Å². The highest BCUT2D eigenvalue weighted by molar-refractivity contribution is 6.00. The Morgan fingerprint density at radius 2 is 1.59 bits per heavy atom. The van der Waals surface area contributed by atoms with Crippen LogP contribution >= 0.6 is 0 Å². The van der Waals surface area contributed by atoms with E-state index in [0.717, 1.165) is 24.0 Å². The van der Waals surface area contributed by atoms with Gasteiger partial charge < -0.3 is 52.8 Å². The molecular weight excluding hydrogens is 755 g/mol. The van der Waals surface area contributed by atoms with E-state index in [9.17, 15) is 24.0 Å². The van der Waals surface area contributed by atoms with E-state index in [1.807, 2.05) is 25.1 Å². The first kappa shape index (κ1) is 44.1. The van der Waals surface area contributed by atoms with E-state index in [1.165, 1.54) is 18.9 Å². The molecule has 1 aliphatic carbocycles. The number of carbonyl (C=O) groups is 5. The van der Waals surface area contributed by atoms with Crippen molar-refractivity contribution in [2.75, 3.05) is 46.4 Å². The van der Waals surface area contributed by atoms with E-state index >= 15 is 0 Å². The molecule has 59 heavy (non-hydrogen) atoms. The van der Waals surface area contributed by atoms with Crippen LogP contribution in [0.1, 0.15) is 71.8 Å². The predicted octanol–water partition coefficient (Wildman–Crippen LogP) is 1.22. The summed E-state index contributed by atoms with van der Waals surface area (Å²) < 4.78 is 12.2. The molecule has 1 saturated carbocycles. The molecule has 314 valence electrons. The van der Waals surface area contributed by atoms with Gasteiger partial charge in [-0.15, -0.1) is 0 Å². The Bertz CT molecular complexity index is 2100. The standard InChI is InChI=1S/C43H55N9O7/c1-25-21-29(43(3)12-13-43)7-8-30(25)39(54)50-33(11-14-44)42(57)52(4)37-28-6-10-36(59-20-17-47)32(24-28)31-22-27(5-9-35(31)58-19-16-46)23-34(40(55)48-18-15-45)51-38(53)26(2)49-41(37)56/h5-10,21-22,24,26,33-34,37H,11-14,16-20,23,44,46-47H2,1-4H3,(H,48,55)(H,49,56)(H,50,54)(H,51,53)/t26-,33-,34-,37-/m0/s1. The summed E-state index contributed by atoms with van der Waals surface area (Å²) >= 11 is 0. The van der Waals surface area contributed by atoms with E-state index in [2.05, 4.69) is 28.2 Å². The second-order valence-corrected chi connectivity index (χ2v) is 15.3. The van der Waals surface area contributed by atoms with Gasteiger partial charge in [0.1, 0.15) is 55.4 Å². The molecule has 0 spiro atoms. The number of nitrogens with one attached hydrogen (secondary N) is 4. The first-order chi connectivity index (χ1) is 28.2. The molecule has 1 heterocycles. The Labute approximate surface area is 344 Å². The summed E-state index contributed by atoms with van der Waals surface area (Å²) in [5.74, 6) is -2.27. The number of rotatable bonds is 15. The average Bonchev–Trinajstić information content (AvgIpc) is 3.98. The molecule has 5 amide bonds. The van der Waals surface area contributed by atoms with Crippen molar-refractivity contribution >= 4 is 29.5 Å². The first-order valence-electron chi connectivity index (χ1n) is 19.8. The van der Waals surface area contributed by atoms with Crippen LogP contribution in [0.5, 0.6) is 11.5 Å². The average molecular weight is 810 g/mol. The summed E-state index contributed by atoms with van der Waals surface area (Å²) in [4.78, 5) is 70.9. The SMILES string of the molecule is Cc1cc(C2(C)CC2)ccc1C(=O)N[C@@H](CCN)C(=O)N(C)[C@@H]1C(=O)N[C@@H](C)C(=O)N[C@H](C(=O)NCC#N)Cc2ccc(OCCN)c(c2)-c2cc1ccc2OCCN. The monoisotopic (exact) mass is 809 g/mol. The summed E-state index contributed by atoms with van der Waals surface area (Å²) in [6, 6.07) is 13.0. The van der Waals surface area contributed by atoms with Crippen molar-refractivity contribution in [3.8, 4) is 28.7 Å². The molecule has 4 bridgehead atoms. The lowest BCUT2D eigenvalue weighted by Crippen LogP contribution is -2.56. The number of aryl methyl sites for hydroxylation is 1. The third kappa shape index (κ3) is 10.5. The molecule has 1 aliphatic heterocycles. The van der Waals surface area contributed by atoms with Crippen LogP contribution in [0.25, 0.3) is 11.1 Å². The van der Waals surface area contributed by atoms with Crippen molar-refractivity contribution in [1.82, 2.24) is 26.2 Å². The van der Waals surface area contributed by atoms with Gasteiger partial charge in [-0.05, 0) is 97.7 Å². The lowest BCUT2D eigenvalue weighted by Gasteiger charge is -2.32. The van der Waals surface area contributed by atoms with Gasteiger partial charge in [0, 0.05) is 43.2 Å². The van der Waals surface area contributed by atoms with Gasteiger partial charge in [-0.1, -0.05) is 31.2 Å². The van der Waals surface area contributed by atoms with Gasteiger partial charge in [-0.2, -0.15) is 5.26 Å². The van der Waals surface area contributed by atoms with Crippen molar-refractivity contribution in [2.24, 2.45) is 17.2 Å². The maximum atomic E-state index is 14.5. The minimum absolute atomic E-state index is 0.0175.